The van der Waals surface area contributed by atoms with E-state index >= 15 is 0 Å². The normalized spacial score (nSPS) is 11.8. The van der Waals surface area contributed by atoms with Crippen LogP contribution < -0.4 is 16.4 Å². The van der Waals surface area contributed by atoms with Crippen LogP contribution in [0.1, 0.15) is 22.3 Å². The van der Waals surface area contributed by atoms with Gasteiger partial charge in [-0.3, -0.25) is 9.59 Å². The summed E-state index contributed by atoms with van der Waals surface area (Å²) in [7, 11) is 0. The minimum atomic E-state index is -1.04. The fourth-order valence-corrected chi connectivity index (χ4v) is 2.22. The highest BCUT2D eigenvalue weighted by Crippen LogP contribution is 2.16. The number of carbonyl (C=O) groups is 2. The Bertz CT molecular complexity index is 752. The first-order valence-electron chi connectivity index (χ1n) is 7.81. The minimum Gasteiger partial charge on any atom is -0.480 e. The number of benzene rings is 2. The quantitative estimate of drug-likeness (QED) is 0.548. The molecule has 1 amide bonds. The van der Waals surface area contributed by atoms with Crippen molar-refractivity contribution in [3.63, 3.8) is 0 Å². The van der Waals surface area contributed by atoms with Crippen molar-refractivity contribution in [2.24, 2.45) is 5.73 Å². The highest BCUT2D eigenvalue weighted by molar-refractivity contribution is 6.04. The summed E-state index contributed by atoms with van der Waals surface area (Å²) < 4.78 is 13.2. The summed E-state index contributed by atoms with van der Waals surface area (Å²) in [6, 6.07) is 11.7. The molecule has 132 valence electrons. The number of rotatable bonds is 8. The number of nitrogens with two attached hydrogens (primary N) is 1. The number of amides is 1. The summed E-state index contributed by atoms with van der Waals surface area (Å²) in [6.45, 7) is 0.867. The van der Waals surface area contributed by atoms with Gasteiger partial charge in [0.2, 0.25) is 0 Å². The van der Waals surface area contributed by atoms with Crippen molar-refractivity contribution < 1.29 is 19.1 Å². The van der Waals surface area contributed by atoms with Crippen LogP contribution in [0.15, 0.2) is 48.5 Å². The molecule has 0 aromatic heterocycles. The number of anilines is 1. The Balaban J connectivity index is 1.96. The lowest BCUT2D eigenvalue weighted by Crippen LogP contribution is -2.33. The van der Waals surface area contributed by atoms with Crippen LogP contribution in [0.2, 0.25) is 0 Å². The summed E-state index contributed by atoms with van der Waals surface area (Å²) in [5.74, 6) is -1.92. The van der Waals surface area contributed by atoms with Crippen LogP contribution >= 0.6 is 0 Å². The van der Waals surface area contributed by atoms with Gasteiger partial charge in [0.15, 0.2) is 0 Å². The van der Waals surface area contributed by atoms with E-state index in [0.29, 0.717) is 25.2 Å². The summed E-state index contributed by atoms with van der Waals surface area (Å²) in [6.07, 6.45) is 0.299. The topological polar surface area (TPSA) is 104 Å². The van der Waals surface area contributed by atoms with Gasteiger partial charge in [-0.05, 0) is 42.8 Å². The molecular weight excluding hydrogens is 325 g/mol. The fourth-order valence-electron chi connectivity index (χ4n) is 2.22. The number of hydrogen-bond donors (Lipinski definition) is 4. The van der Waals surface area contributed by atoms with Crippen LogP contribution in [0.3, 0.4) is 0 Å². The molecule has 2 rings (SSSR count). The highest BCUT2D eigenvalue weighted by Gasteiger charge is 2.11. The van der Waals surface area contributed by atoms with Gasteiger partial charge in [0.25, 0.3) is 5.91 Å². The zero-order valence-electron chi connectivity index (χ0n) is 13.5. The van der Waals surface area contributed by atoms with E-state index in [-0.39, 0.29) is 5.56 Å². The predicted octanol–water partition coefficient (Wildman–Crippen LogP) is 1.97. The van der Waals surface area contributed by atoms with E-state index < -0.39 is 23.7 Å². The lowest BCUT2D eigenvalue weighted by molar-refractivity contribution is -0.138. The molecule has 6 nitrogen and oxygen atoms in total. The van der Waals surface area contributed by atoms with Gasteiger partial charge in [0.05, 0.1) is 0 Å². The van der Waals surface area contributed by atoms with Crippen molar-refractivity contribution in [2.75, 3.05) is 11.9 Å². The van der Waals surface area contributed by atoms with Crippen molar-refractivity contribution in [3.8, 4) is 0 Å². The zero-order chi connectivity index (χ0) is 18.2. The maximum atomic E-state index is 13.2. The molecule has 2 aromatic carbocycles. The Morgan fingerprint density at radius 2 is 1.92 bits per heavy atom. The van der Waals surface area contributed by atoms with Crippen molar-refractivity contribution in [1.29, 1.82) is 0 Å². The molecule has 0 saturated heterocycles. The molecular formula is C18H20FN3O3. The largest absolute Gasteiger partial charge is 0.480 e. The van der Waals surface area contributed by atoms with Crippen molar-refractivity contribution in [2.45, 2.75) is 19.0 Å². The van der Waals surface area contributed by atoms with E-state index in [4.69, 9.17) is 10.8 Å². The van der Waals surface area contributed by atoms with E-state index in [0.717, 1.165) is 5.56 Å². The molecule has 0 bridgehead atoms. The molecule has 0 heterocycles. The Hall–Kier alpha value is -2.77. The monoisotopic (exact) mass is 345 g/mol. The van der Waals surface area contributed by atoms with Crippen molar-refractivity contribution in [3.05, 3.63) is 65.5 Å². The second-order valence-corrected chi connectivity index (χ2v) is 5.53. The molecule has 0 spiro atoms. The Labute approximate surface area is 144 Å². The van der Waals surface area contributed by atoms with E-state index in [2.05, 4.69) is 10.6 Å². The highest BCUT2D eigenvalue weighted by atomic mass is 19.1. The van der Waals surface area contributed by atoms with Gasteiger partial charge in [0.1, 0.15) is 11.9 Å². The second kappa shape index (κ2) is 8.91. The molecule has 0 fully saturated rings. The number of nitrogens with one attached hydrogen (secondary N) is 2. The van der Waals surface area contributed by atoms with Gasteiger partial charge >= 0.3 is 5.97 Å². The van der Waals surface area contributed by atoms with E-state index in [9.17, 15) is 14.0 Å². The van der Waals surface area contributed by atoms with Crippen LogP contribution in [-0.2, 0) is 11.3 Å². The molecule has 25 heavy (non-hydrogen) atoms. The maximum Gasteiger partial charge on any atom is 0.320 e. The molecule has 0 unspecified atom stereocenters. The van der Waals surface area contributed by atoms with Gasteiger partial charge < -0.3 is 21.5 Å². The third-order valence-electron chi connectivity index (χ3n) is 3.62. The predicted molar refractivity (Wildman–Crippen MR) is 92.7 cm³/mol. The SMILES string of the molecule is N[C@@H](CCNCc1ccccc1NC(=O)c1cccc(F)c1)C(=O)O. The van der Waals surface area contributed by atoms with Crippen LogP contribution in [0.4, 0.5) is 10.1 Å². The van der Waals surface area contributed by atoms with E-state index in [1.165, 1.54) is 24.3 Å². The van der Waals surface area contributed by atoms with Gasteiger partial charge in [-0.25, -0.2) is 4.39 Å². The summed E-state index contributed by atoms with van der Waals surface area (Å²) in [5, 5.41) is 14.6. The third-order valence-corrected chi connectivity index (χ3v) is 3.62. The first kappa shape index (κ1) is 18.6. The van der Waals surface area contributed by atoms with Crippen LogP contribution in [0, 0.1) is 5.82 Å². The van der Waals surface area contributed by atoms with Crippen molar-refractivity contribution >= 4 is 17.6 Å². The van der Waals surface area contributed by atoms with Gasteiger partial charge in [-0.1, -0.05) is 24.3 Å². The number of carbonyl (C=O) groups excluding carboxylic acids is 1. The van der Waals surface area contributed by atoms with Crippen molar-refractivity contribution in [1.82, 2.24) is 5.32 Å². The first-order valence-corrected chi connectivity index (χ1v) is 7.81. The molecule has 0 saturated carbocycles. The van der Waals surface area contributed by atoms with Crippen LogP contribution in [0.5, 0.6) is 0 Å². The first-order chi connectivity index (χ1) is 12.0. The molecule has 0 aliphatic heterocycles. The molecule has 5 N–H and O–H groups in total. The second-order valence-electron chi connectivity index (χ2n) is 5.53. The van der Waals surface area contributed by atoms with E-state index in [1.807, 2.05) is 12.1 Å². The lowest BCUT2D eigenvalue weighted by Gasteiger charge is -2.13. The van der Waals surface area contributed by atoms with Crippen LogP contribution in [0.25, 0.3) is 0 Å². The van der Waals surface area contributed by atoms with Gasteiger partial charge in [-0.15, -0.1) is 0 Å². The average molecular weight is 345 g/mol. The fraction of sp³-hybridized carbons (Fsp3) is 0.222. The average Bonchev–Trinajstić information content (AvgIpc) is 2.59. The smallest absolute Gasteiger partial charge is 0.320 e. The number of carboxylic acid groups (broad SMARTS) is 1. The van der Waals surface area contributed by atoms with Gasteiger partial charge in [-0.2, -0.15) is 0 Å². The van der Waals surface area contributed by atoms with E-state index in [1.54, 1.807) is 12.1 Å². The number of carboxylic acids is 1. The standard InChI is InChI=1S/C18H20FN3O3/c19-14-6-3-5-12(10-14)17(23)22-16-7-2-1-4-13(16)11-21-9-8-15(20)18(24)25/h1-7,10,15,21H,8-9,11,20H2,(H,22,23)(H,24,25)/t15-/m0/s1. The molecule has 7 heteroatoms. The Kier molecular flexibility index (Phi) is 6.62. The molecule has 1 atom stereocenters. The number of halogens is 1. The minimum absolute atomic E-state index is 0.232. The van der Waals surface area contributed by atoms with Crippen LogP contribution in [-0.4, -0.2) is 29.6 Å². The summed E-state index contributed by atoms with van der Waals surface area (Å²) in [4.78, 5) is 22.9. The van der Waals surface area contributed by atoms with Gasteiger partial charge in [0, 0.05) is 17.8 Å². The maximum absolute atomic E-state index is 13.2. The summed E-state index contributed by atoms with van der Waals surface area (Å²) >= 11 is 0. The number of aliphatic carboxylic acids is 1. The molecule has 0 radical (unpaired) electrons. The molecule has 2 aromatic rings. The molecule has 0 aliphatic rings. The Morgan fingerprint density at radius 3 is 2.64 bits per heavy atom. The summed E-state index contributed by atoms with van der Waals surface area (Å²) in [5.41, 5.74) is 7.11. The Morgan fingerprint density at radius 1 is 1.16 bits per heavy atom. The number of para-hydroxylation sites is 1. The molecule has 0 aliphatic carbocycles. The third kappa shape index (κ3) is 5.66. The lowest BCUT2D eigenvalue weighted by atomic mass is 10.1. The number of hydrogen-bond acceptors (Lipinski definition) is 4. The zero-order valence-corrected chi connectivity index (χ0v) is 13.5.